The third-order valence-corrected chi connectivity index (χ3v) is 6.37. The van der Waals surface area contributed by atoms with E-state index in [0.717, 1.165) is 38.2 Å². The van der Waals surface area contributed by atoms with E-state index in [2.05, 4.69) is 58.3 Å². The van der Waals surface area contributed by atoms with Crippen LogP contribution in [0.1, 0.15) is 49.4 Å². The Kier molecular flexibility index (Phi) is 5.09. The number of aromatic nitrogens is 1. The van der Waals surface area contributed by atoms with E-state index in [4.69, 9.17) is 0 Å². The number of benzene rings is 1. The molecule has 0 aliphatic carbocycles. The first-order chi connectivity index (χ1) is 12.6. The maximum atomic E-state index is 12.9. The quantitative estimate of drug-likeness (QED) is 0.802. The van der Waals surface area contributed by atoms with Crippen LogP contribution in [0.3, 0.4) is 0 Å². The molecular weight excluding hydrogens is 342 g/mol. The Bertz CT molecular complexity index is 741. The molecule has 3 saturated heterocycles. The number of carbonyl (C=O) groups excluding carboxylic acids is 1. The average molecular weight is 370 g/mol. The molecule has 26 heavy (non-hydrogen) atoms. The highest BCUT2D eigenvalue weighted by Crippen LogP contribution is 2.31. The van der Waals surface area contributed by atoms with Crippen molar-refractivity contribution in [3.63, 3.8) is 0 Å². The lowest BCUT2D eigenvalue weighted by atomic mass is 9.94. The van der Waals surface area contributed by atoms with Crippen LogP contribution >= 0.6 is 11.3 Å². The average Bonchev–Trinajstić information content (AvgIpc) is 3.01. The number of nitrogens with zero attached hydrogens (tertiary/aromatic N) is 3. The predicted molar refractivity (Wildman–Crippen MR) is 105 cm³/mol. The van der Waals surface area contributed by atoms with Gasteiger partial charge in [-0.3, -0.25) is 9.69 Å². The SMILES string of the molecule is CC(C)c1ccc(CN2C[C@@H]3CC[C@H](C2)N(Cc2cscn2)C3=O)cc1. The van der Waals surface area contributed by atoms with Gasteiger partial charge in [-0.1, -0.05) is 38.1 Å². The van der Waals surface area contributed by atoms with Crippen molar-refractivity contribution in [2.45, 2.75) is 51.7 Å². The van der Waals surface area contributed by atoms with Crippen LogP contribution < -0.4 is 0 Å². The van der Waals surface area contributed by atoms with Crippen LogP contribution in [0, 0.1) is 5.92 Å². The van der Waals surface area contributed by atoms with Gasteiger partial charge < -0.3 is 4.90 Å². The van der Waals surface area contributed by atoms with Crippen molar-refractivity contribution in [1.82, 2.24) is 14.8 Å². The van der Waals surface area contributed by atoms with Crippen LogP contribution in [-0.4, -0.2) is 39.8 Å². The van der Waals surface area contributed by atoms with Gasteiger partial charge >= 0.3 is 0 Å². The molecule has 3 aliphatic rings. The zero-order valence-corrected chi connectivity index (χ0v) is 16.4. The number of piperidine rings is 1. The van der Waals surface area contributed by atoms with E-state index in [1.807, 2.05) is 5.51 Å². The van der Waals surface area contributed by atoms with Crippen LogP contribution in [0.15, 0.2) is 35.2 Å². The van der Waals surface area contributed by atoms with Crippen molar-refractivity contribution < 1.29 is 4.79 Å². The fourth-order valence-corrected chi connectivity index (χ4v) is 4.77. The number of rotatable bonds is 5. The monoisotopic (exact) mass is 369 g/mol. The minimum absolute atomic E-state index is 0.141. The predicted octanol–water partition coefficient (Wildman–Crippen LogP) is 3.89. The number of carbonyl (C=O) groups is 1. The molecule has 3 fully saturated rings. The first kappa shape index (κ1) is 17.7. The molecule has 1 amide bonds. The molecule has 0 spiro atoms. The van der Waals surface area contributed by atoms with Gasteiger partial charge in [0.2, 0.25) is 5.91 Å². The highest BCUT2D eigenvalue weighted by molar-refractivity contribution is 7.07. The number of fused-ring (bicyclic) bond motifs is 4. The molecule has 4 nitrogen and oxygen atoms in total. The highest BCUT2D eigenvalue weighted by Gasteiger charge is 2.40. The summed E-state index contributed by atoms with van der Waals surface area (Å²) in [6.45, 7) is 7.91. The van der Waals surface area contributed by atoms with Crippen molar-refractivity contribution in [1.29, 1.82) is 0 Å². The van der Waals surface area contributed by atoms with Gasteiger partial charge in [0.05, 0.1) is 23.7 Å². The summed E-state index contributed by atoms with van der Waals surface area (Å²) in [5.41, 5.74) is 5.60. The van der Waals surface area contributed by atoms with Gasteiger partial charge in [-0.15, -0.1) is 11.3 Å². The summed E-state index contributed by atoms with van der Waals surface area (Å²) >= 11 is 1.60. The Morgan fingerprint density at radius 3 is 2.65 bits per heavy atom. The maximum absolute atomic E-state index is 12.9. The van der Waals surface area contributed by atoms with E-state index in [0.29, 0.717) is 24.4 Å². The summed E-state index contributed by atoms with van der Waals surface area (Å²) in [4.78, 5) is 21.9. The van der Waals surface area contributed by atoms with E-state index in [1.165, 1.54) is 11.1 Å². The van der Waals surface area contributed by atoms with Crippen LogP contribution in [0.4, 0.5) is 0 Å². The minimum Gasteiger partial charge on any atom is -0.332 e. The zero-order valence-electron chi connectivity index (χ0n) is 15.6. The van der Waals surface area contributed by atoms with Crippen LogP contribution in [0.2, 0.25) is 0 Å². The van der Waals surface area contributed by atoms with E-state index in [1.54, 1.807) is 11.3 Å². The summed E-state index contributed by atoms with van der Waals surface area (Å²) in [6.07, 6.45) is 2.14. The fourth-order valence-electron chi connectivity index (χ4n) is 4.22. The molecule has 4 heterocycles. The van der Waals surface area contributed by atoms with Gasteiger partial charge in [0, 0.05) is 31.1 Å². The zero-order chi connectivity index (χ0) is 18.1. The summed E-state index contributed by atoms with van der Waals surface area (Å²) in [6, 6.07) is 9.30. The van der Waals surface area contributed by atoms with Gasteiger partial charge in [-0.2, -0.15) is 0 Å². The molecule has 5 heteroatoms. The molecule has 3 aliphatic heterocycles. The third kappa shape index (κ3) is 3.69. The van der Waals surface area contributed by atoms with Gasteiger partial charge in [0.25, 0.3) is 0 Å². The van der Waals surface area contributed by atoms with Crippen molar-refractivity contribution in [3.8, 4) is 0 Å². The van der Waals surface area contributed by atoms with Crippen molar-refractivity contribution in [2.24, 2.45) is 5.92 Å². The molecule has 0 saturated carbocycles. The number of hydrogen-bond donors (Lipinski definition) is 0. The van der Waals surface area contributed by atoms with Crippen molar-refractivity contribution in [3.05, 3.63) is 52.0 Å². The lowest BCUT2D eigenvalue weighted by molar-refractivity contribution is -0.140. The Morgan fingerprint density at radius 2 is 1.96 bits per heavy atom. The van der Waals surface area contributed by atoms with Crippen molar-refractivity contribution >= 4 is 17.2 Å². The van der Waals surface area contributed by atoms with Crippen molar-refractivity contribution in [2.75, 3.05) is 13.1 Å². The van der Waals surface area contributed by atoms with E-state index in [9.17, 15) is 4.79 Å². The Morgan fingerprint density at radius 1 is 1.15 bits per heavy atom. The molecule has 2 aromatic rings. The number of amides is 1. The molecule has 0 N–H and O–H groups in total. The topological polar surface area (TPSA) is 36.4 Å². The molecule has 0 unspecified atom stereocenters. The highest BCUT2D eigenvalue weighted by atomic mass is 32.1. The molecule has 138 valence electrons. The lowest BCUT2D eigenvalue weighted by Gasteiger charge is -2.35. The molecule has 2 atom stereocenters. The largest absolute Gasteiger partial charge is 0.332 e. The van der Waals surface area contributed by atoms with E-state index >= 15 is 0 Å². The Balaban J connectivity index is 1.46. The number of thiazole rings is 1. The summed E-state index contributed by atoms with van der Waals surface area (Å²) in [7, 11) is 0. The smallest absolute Gasteiger partial charge is 0.227 e. The second-order valence-corrected chi connectivity index (χ2v) is 8.68. The molecule has 0 radical (unpaired) electrons. The molecule has 5 rings (SSSR count). The summed E-state index contributed by atoms with van der Waals surface area (Å²) in [5, 5.41) is 2.06. The first-order valence-corrected chi connectivity index (χ1v) is 10.5. The first-order valence-electron chi connectivity index (χ1n) is 9.59. The van der Waals surface area contributed by atoms with E-state index < -0.39 is 0 Å². The third-order valence-electron chi connectivity index (χ3n) is 5.74. The molecular formula is C21H27N3OS. The molecule has 2 bridgehead atoms. The second-order valence-electron chi connectivity index (χ2n) is 7.96. The van der Waals surface area contributed by atoms with Gasteiger partial charge in [0.15, 0.2) is 0 Å². The minimum atomic E-state index is 0.141. The van der Waals surface area contributed by atoms with Gasteiger partial charge in [-0.05, 0) is 29.9 Å². The Hall–Kier alpha value is -1.72. The Labute approximate surface area is 159 Å². The molecule has 1 aromatic carbocycles. The summed E-state index contributed by atoms with van der Waals surface area (Å²) in [5.74, 6) is 1.03. The summed E-state index contributed by atoms with van der Waals surface area (Å²) < 4.78 is 0. The van der Waals surface area contributed by atoms with Crippen LogP contribution in [0.5, 0.6) is 0 Å². The van der Waals surface area contributed by atoms with Crippen LogP contribution in [-0.2, 0) is 17.9 Å². The normalized spacial score (nSPS) is 23.7. The molecule has 1 aromatic heterocycles. The van der Waals surface area contributed by atoms with E-state index in [-0.39, 0.29) is 5.92 Å². The van der Waals surface area contributed by atoms with Crippen LogP contribution in [0.25, 0.3) is 0 Å². The standard InChI is InChI=1S/C21H27N3OS/c1-15(2)17-5-3-16(4-6-17)9-23-10-18-7-8-20(12-23)24(21(18)25)11-19-13-26-14-22-19/h3-6,13-15,18,20H,7-12H2,1-2H3/t18-,20+/m0/s1. The second kappa shape index (κ2) is 7.49. The maximum Gasteiger partial charge on any atom is 0.227 e. The van der Waals surface area contributed by atoms with Gasteiger partial charge in [-0.25, -0.2) is 4.98 Å². The number of hydrogen-bond acceptors (Lipinski definition) is 4. The lowest BCUT2D eigenvalue weighted by Crippen LogP contribution is -2.47. The fraction of sp³-hybridized carbons (Fsp3) is 0.524. The van der Waals surface area contributed by atoms with Gasteiger partial charge in [0.1, 0.15) is 0 Å².